The Labute approximate surface area is 165 Å². The van der Waals surface area contributed by atoms with E-state index in [1.54, 1.807) is 12.1 Å². The van der Waals surface area contributed by atoms with Crippen molar-refractivity contribution in [1.82, 2.24) is 4.90 Å². The van der Waals surface area contributed by atoms with Crippen LogP contribution in [0, 0.1) is 5.82 Å². The molecule has 28 heavy (non-hydrogen) atoms. The van der Waals surface area contributed by atoms with E-state index in [9.17, 15) is 14.0 Å². The van der Waals surface area contributed by atoms with Crippen LogP contribution in [0.15, 0.2) is 65.3 Å². The first kappa shape index (κ1) is 18.3. The van der Waals surface area contributed by atoms with Gasteiger partial charge in [0.1, 0.15) is 11.9 Å². The van der Waals surface area contributed by atoms with Crippen LogP contribution in [-0.2, 0) is 17.8 Å². The summed E-state index contributed by atoms with van der Waals surface area (Å²) in [5, 5.41) is 2.64. The Hall–Kier alpha value is -3.12. The highest BCUT2D eigenvalue weighted by molar-refractivity contribution is 6.31. The van der Waals surface area contributed by atoms with E-state index in [1.807, 2.05) is 24.3 Å². The normalized spacial score (nSPS) is 15.8. The van der Waals surface area contributed by atoms with E-state index in [0.717, 1.165) is 11.1 Å². The molecule has 7 heteroatoms. The number of furan rings is 1. The van der Waals surface area contributed by atoms with Crippen molar-refractivity contribution in [3.05, 3.63) is 88.6 Å². The summed E-state index contributed by atoms with van der Waals surface area (Å²) in [4.78, 5) is 27.4. The van der Waals surface area contributed by atoms with Crippen molar-refractivity contribution in [3.8, 4) is 0 Å². The molecule has 0 bridgehead atoms. The Morgan fingerprint density at radius 2 is 1.89 bits per heavy atom. The Balaban J connectivity index is 1.64. The Bertz CT molecular complexity index is 1040. The van der Waals surface area contributed by atoms with Gasteiger partial charge in [0.05, 0.1) is 11.3 Å². The molecule has 5 nitrogen and oxygen atoms in total. The van der Waals surface area contributed by atoms with Gasteiger partial charge >= 0.3 is 0 Å². The first-order valence-corrected chi connectivity index (χ1v) is 9.08. The van der Waals surface area contributed by atoms with Crippen LogP contribution in [0.5, 0.6) is 0 Å². The number of rotatable bonds is 3. The maximum Gasteiger partial charge on any atom is 0.290 e. The van der Waals surface area contributed by atoms with E-state index in [-0.39, 0.29) is 29.1 Å². The van der Waals surface area contributed by atoms with E-state index in [1.165, 1.54) is 29.4 Å². The minimum absolute atomic E-state index is 0.0877. The average molecular weight is 399 g/mol. The molecule has 142 valence electrons. The summed E-state index contributed by atoms with van der Waals surface area (Å²) < 4.78 is 18.6. The molecular weight excluding hydrogens is 383 g/mol. The standard InChI is InChI=1S/C21H16ClFN2O3/c22-16-11-15(7-8-17(16)23)24-20(26)18-10-13-4-1-2-5-14(13)12-25(18)21(27)19-6-3-9-28-19/h1-9,11,18H,10,12H2,(H,24,26). The lowest BCUT2D eigenvalue weighted by atomic mass is 9.93. The number of amides is 2. The molecule has 0 radical (unpaired) electrons. The van der Waals surface area contributed by atoms with Crippen LogP contribution in [0.3, 0.4) is 0 Å². The molecule has 0 saturated carbocycles. The lowest BCUT2D eigenvalue weighted by Crippen LogP contribution is -2.50. The van der Waals surface area contributed by atoms with Gasteiger partial charge in [-0.25, -0.2) is 4.39 Å². The predicted octanol–water partition coefficient (Wildman–Crippen LogP) is 4.28. The van der Waals surface area contributed by atoms with Crippen molar-refractivity contribution in [2.45, 2.75) is 19.0 Å². The Kier molecular flexibility index (Phi) is 4.88. The summed E-state index contributed by atoms with van der Waals surface area (Å²) in [6.45, 7) is 0.290. The van der Waals surface area contributed by atoms with Gasteiger partial charge in [-0.15, -0.1) is 0 Å². The van der Waals surface area contributed by atoms with Gasteiger partial charge in [0.25, 0.3) is 5.91 Å². The van der Waals surface area contributed by atoms with Crippen LogP contribution in [0.1, 0.15) is 21.7 Å². The van der Waals surface area contributed by atoms with Gasteiger partial charge in [-0.2, -0.15) is 0 Å². The minimum atomic E-state index is -0.740. The number of hydrogen-bond donors (Lipinski definition) is 1. The zero-order chi connectivity index (χ0) is 19.7. The number of halogens is 2. The lowest BCUT2D eigenvalue weighted by Gasteiger charge is -2.35. The predicted molar refractivity (Wildman–Crippen MR) is 103 cm³/mol. The van der Waals surface area contributed by atoms with Gasteiger partial charge in [-0.05, 0) is 41.5 Å². The number of anilines is 1. The third kappa shape index (κ3) is 3.51. The van der Waals surface area contributed by atoms with Gasteiger partial charge in [0.15, 0.2) is 5.76 Å². The molecule has 1 atom stereocenters. The summed E-state index contributed by atoms with van der Waals surface area (Å²) in [5.41, 5.74) is 2.35. The third-order valence-electron chi connectivity index (χ3n) is 4.73. The molecule has 1 N–H and O–H groups in total. The van der Waals surface area contributed by atoms with E-state index >= 15 is 0 Å². The van der Waals surface area contributed by atoms with Crippen LogP contribution in [0.25, 0.3) is 0 Å². The molecule has 2 amide bonds. The molecular formula is C21H16ClFN2O3. The fourth-order valence-corrected chi connectivity index (χ4v) is 3.49. The summed E-state index contributed by atoms with van der Waals surface area (Å²) in [6, 6.07) is 14.1. The second-order valence-electron chi connectivity index (χ2n) is 6.52. The molecule has 0 aliphatic carbocycles. The molecule has 1 aliphatic rings. The molecule has 1 aliphatic heterocycles. The number of benzene rings is 2. The molecule has 2 heterocycles. The Morgan fingerprint density at radius 1 is 1.11 bits per heavy atom. The van der Waals surface area contributed by atoms with E-state index in [0.29, 0.717) is 12.1 Å². The fourth-order valence-electron chi connectivity index (χ4n) is 3.31. The van der Waals surface area contributed by atoms with Gasteiger partial charge in [-0.1, -0.05) is 35.9 Å². The van der Waals surface area contributed by atoms with E-state index in [4.69, 9.17) is 16.0 Å². The minimum Gasteiger partial charge on any atom is -0.459 e. The van der Waals surface area contributed by atoms with Gasteiger partial charge in [-0.3, -0.25) is 9.59 Å². The molecule has 3 aromatic rings. The number of fused-ring (bicyclic) bond motifs is 1. The van der Waals surface area contributed by atoms with Crippen molar-refractivity contribution in [3.63, 3.8) is 0 Å². The fraction of sp³-hybridized carbons (Fsp3) is 0.143. The zero-order valence-electron chi connectivity index (χ0n) is 14.7. The monoisotopic (exact) mass is 398 g/mol. The maximum absolute atomic E-state index is 13.4. The van der Waals surface area contributed by atoms with E-state index < -0.39 is 11.9 Å². The molecule has 0 saturated heterocycles. The van der Waals surface area contributed by atoms with Crippen molar-refractivity contribution < 1.29 is 18.4 Å². The first-order valence-electron chi connectivity index (χ1n) is 8.70. The van der Waals surface area contributed by atoms with Crippen molar-refractivity contribution in [2.24, 2.45) is 0 Å². The SMILES string of the molecule is O=C(Nc1ccc(F)c(Cl)c1)C1Cc2ccccc2CN1C(=O)c1ccco1. The molecule has 0 spiro atoms. The van der Waals surface area contributed by atoms with E-state index in [2.05, 4.69) is 5.32 Å². The number of nitrogens with one attached hydrogen (secondary N) is 1. The molecule has 2 aromatic carbocycles. The van der Waals surface area contributed by atoms with Crippen LogP contribution < -0.4 is 5.32 Å². The summed E-state index contributed by atoms with van der Waals surface area (Å²) >= 11 is 5.79. The van der Waals surface area contributed by atoms with Crippen LogP contribution in [0.2, 0.25) is 5.02 Å². The number of hydrogen-bond acceptors (Lipinski definition) is 3. The van der Waals surface area contributed by atoms with Crippen molar-refractivity contribution >= 4 is 29.1 Å². The van der Waals surface area contributed by atoms with Crippen LogP contribution >= 0.6 is 11.6 Å². The quantitative estimate of drug-likeness (QED) is 0.716. The summed E-state index contributed by atoms with van der Waals surface area (Å²) in [7, 11) is 0. The third-order valence-corrected chi connectivity index (χ3v) is 5.02. The average Bonchev–Trinajstić information content (AvgIpc) is 3.24. The second-order valence-corrected chi connectivity index (χ2v) is 6.92. The highest BCUT2D eigenvalue weighted by Gasteiger charge is 2.36. The largest absolute Gasteiger partial charge is 0.459 e. The van der Waals surface area contributed by atoms with Crippen LogP contribution in [0.4, 0.5) is 10.1 Å². The number of carbonyl (C=O) groups is 2. The van der Waals surface area contributed by atoms with Gasteiger partial charge < -0.3 is 14.6 Å². The molecule has 1 aromatic heterocycles. The number of carbonyl (C=O) groups excluding carboxylic acids is 2. The van der Waals surface area contributed by atoms with Crippen LogP contribution in [-0.4, -0.2) is 22.8 Å². The molecule has 4 rings (SSSR count). The summed E-state index contributed by atoms with van der Waals surface area (Å²) in [5.74, 6) is -1.14. The highest BCUT2D eigenvalue weighted by Crippen LogP contribution is 2.27. The van der Waals surface area contributed by atoms with Crippen molar-refractivity contribution in [2.75, 3.05) is 5.32 Å². The van der Waals surface area contributed by atoms with Gasteiger partial charge in [0.2, 0.25) is 5.91 Å². The highest BCUT2D eigenvalue weighted by atomic mass is 35.5. The van der Waals surface area contributed by atoms with Gasteiger partial charge in [0, 0.05) is 18.7 Å². The van der Waals surface area contributed by atoms with Crippen molar-refractivity contribution in [1.29, 1.82) is 0 Å². The second kappa shape index (κ2) is 7.48. The zero-order valence-corrected chi connectivity index (χ0v) is 15.4. The topological polar surface area (TPSA) is 62.6 Å². The number of nitrogens with zero attached hydrogens (tertiary/aromatic N) is 1. The Morgan fingerprint density at radius 3 is 2.61 bits per heavy atom. The lowest BCUT2D eigenvalue weighted by molar-refractivity contribution is -0.121. The smallest absolute Gasteiger partial charge is 0.290 e. The molecule has 0 fully saturated rings. The summed E-state index contributed by atoms with van der Waals surface area (Å²) in [6.07, 6.45) is 1.78. The molecule has 1 unspecified atom stereocenters. The maximum atomic E-state index is 13.4. The first-order chi connectivity index (χ1) is 13.5.